The number of hydrogen-bond acceptors (Lipinski definition) is 5. The summed E-state index contributed by atoms with van der Waals surface area (Å²) in [4.78, 5) is 18.8. The predicted molar refractivity (Wildman–Crippen MR) is 114 cm³/mol. The predicted octanol–water partition coefficient (Wildman–Crippen LogP) is 2.62. The molecule has 162 valence electrons. The van der Waals surface area contributed by atoms with Crippen LogP contribution >= 0.6 is 0 Å². The molecule has 1 fully saturated rings. The van der Waals surface area contributed by atoms with Crippen LogP contribution in [0.4, 0.5) is 4.39 Å². The van der Waals surface area contributed by atoms with Gasteiger partial charge in [-0.05, 0) is 35.9 Å². The van der Waals surface area contributed by atoms with Crippen molar-refractivity contribution >= 4 is 5.91 Å². The van der Waals surface area contributed by atoms with Crippen LogP contribution in [0.5, 0.6) is 11.5 Å². The molecular formula is C23H30FN3O3. The first-order valence-corrected chi connectivity index (χ1v) is 10.1. The van der Waals surface area contributed by atoms with E-state index in [0.717, 1.165) is 43.1 Å². The number of halogens is 1. The number of nitrogens with zero attached hydrogens (tertiary/aromatic N) is 3. The molecule has 0 atom stereocenters. The SMILES string of the molecule is COc1cccc(CN(C)C(=O)CN2CCN(Cc3cc(F)ccc3OC)CC2)c1. The van der Waals surface area contributed by atoms with Crippen LogP contribution < -0.4 is 9.47 Å². The van der Waals surface area contributed by atoms with Gasteiger partial charge in [-0.1, -0.05) is 12.1 Å². The first-order chi connectivity index (χ1) is 14.5. The molecule has 1 saturated heterocycles. The maximum atomic E-state index is 13.6. The van der Waals surface area contributed by atoms with Gasteiger partial charge in [0.1, 0.15) is 17.3 Å². The van der Waals surface area contributed by atoms with Gasteiger partial charge in [-0.3, -0.25) is 14.6 Å². The fraction of sp³-hybridized carbons (Fsp3) is 0.435. The zero-order valence-electron chi connectivity index (χ0n) is 17.9. The molecule has 30 heavy (non-hydrogen) atoms. The fourth-order valence-electron chi connectivity index (χ4n) is 3.66. The number of hydrogen-bond donors (Lipinski definition) is 0. The fourth-order valence-corrected chi connectivity index (χ4v) is 3.66. The monoisotopic (exact) mass is 415 g/mol. The molecule has 2 aromatic rings. The second kappa shape index (κ2) is 10.4. The summed E-state index contributed by atoms with van der Waals surface area (Å²) in [5.74, 6) is 1.33. The number of rotatable bonds is 8. The highest BCUT2D eigenvalue weighted by molar-refractivity contribution is 5.78. The van der Waals surface area contributed by atoms with Crippen LogP contribution in [0.15, 0.2) is 42.5 Å². The maximum Gasteiger partial charge on any atom is 0.236 e. The van der Waals surface area contributed by atoms with Crippen LogP contribution in [0.1, 0.15) is 11.1 Å². The van der Waals surface area contributed by atoms with Crippen molar-refractivity contribution in [2.45, 2.75) is 13.1 Å². The Hall–Kier alpha value is -2.64. The summed E-state index contributed by atoms with van der Waals surface area (Å²) in [5, 5.41) is 0. The molecule has 0 spiro atoms. The average Bonchev–Trinajstić information content (AvgIpc) is 2.75. The quantitative estimate of drug-likeness (QED) is 0.663. The molecule has 1 aliphatic heterocycles. The summed E-state index contributed by atoms with van der Waals surface area (Å²) >= 11 is 0. The van der Waals surface area contributed by atoms with E-state index in [2.05, 4.69) is 9.80 Å². The van der Waals surface area contributed by atoms with Gasteiger partial charge in [-0.2, -0.15) is 0 Å². The Morgan fingerprint density at radius 2 is 1.77 bits per heavy atom. The summed E-state index contributed by atoms with van der Waals surface area (Å²) in [6.45, 7) is 4.84. The third-order valence-electron chi connectivity index (χ3n) is 5.44. The molecule has 7 heteroatoms. The summed E-state index contributed by atoms with van der Waals surface area (Å²) in [6, 6.07) is 12.4. The van der Waals surface area contributed by atoms with E-state index in [0.29, 0.717) is 25.4 Å². The van der Waals surface area contributed by atoms with Crippen molar-refractivity contribution in [3.05, 3.63) is 59.4 Å². The van der Waals surface area contributed by atoms with E-state index in [1.165, 1.54) is 12.1 Å². The van der Waals surface area contributed by atoms with Crippen LogP contribution in [0, 0.1) is 5.82 Å². The van der Waals surface area contributed by atoms with E-state index in [1.54, 1.807) is 25.2 Å². The number of benzene rings is 2. The largest absolute Gasteiger partial charge is 0.497 e. The van der Waals surface area contributed by atoms with Gasteiger partial charge < -0.3 is 14.4 Å². The number of carbonyl (C=O) groups excluding carboxylic acids is 1. The van der Waals surface area contributed by atoms with E-state index in [4.69, 9.17) is 9.47 Å². The summed E-state index contributed by atoms with van der Waals surface area (Å²) in [6.07, 6.45) is 0. The highest BCUT2D eigenvalue weighted by atomic mass is 19.1. The van der Waals surface area contributed by atoms with E-state index >= 15 is 0 Å². The molecule has 6 nitrogen and oxygen atoms in total. The van der Waals surface area contributed by atoms with Gasteiger partial charge in [0.15, 0.2) is 0 Å². The summed E-state index contributed by atoms with van der Waals surface area (Å²) in [5.41, 5.74) is 1.89. The van der Waals surface area contributed by atoms with Crippen LogP contribution in [0.2, 0.25) is 0 Å². The molecule has 0 aliphatic carbocycles. The van der Waals surface area contributed by atoms with E-state index in [9.17, 15) is 9.18 Å². The molecule has 0 unspecified atom stereocenters. The first-order valence-electron chi connectivity index (χ1n) is 10.1. The minimum Gasteiger partial charge on any atom is -0.497 e. The standard InChI is InChI=1S/C23H30FN3O3/c1-25(15-18-5-4-6-21(13-18)29-2)23(28)17-27-11-9-26(10-12-27)16-19-14-20(24)7-8-22(19)30-3/h4-8,13-14H,9-12,15-17H2,1-3H3. The Morgan fingerprint density at radius 3 is 2.47 bits per heavy atom. The first kappa shape index (κ1) is 22.1. The third-order valence-corrected chi connectivity index (χ3v) is 5.44. The molecule has 3 rings (SSSR count). The van der Waals surface area contributed by atoms with Crippen molar-refractivity contribution in [3.8, 4) is 11.5 Å². The van der Waals surface area contributed by atoms with Crippen LogP contribution in [0.3, 0.4) is 0 Å². The molecule has 0 bridgehead atoms. The molecule has 0 saturated carbocycles. The molecule has 0 radical (unpaired) electrons. The molecule has 0 N–H and O–H groups in total. The Kier molecular flexibility index (Phi) is 7.65. The highest BCUT2D eigenvalue weighted by Crippen LogP contribution is 2.21. The normalized spacial score (nSPS) is 15.1. The van der Waals surface area contributed by atoms with E-state index < -0.39 is 0 Å². The second-order valence-corrected chi connectivity index (χ2v) is 7.61. The van der Waals surface area contributed by atoms with Crippen molar-refractivity contribution in [1.82, 2.24) is 14.7 Å². The van der Waals surface area contributed by atoms with E-state index in [-0.39, 0.29) is 11.7 Å². The molecule has 0 aromatic heterocycles. The maximum absolute atomic E-state index is 13.6. The molecule has 1 aliphatic rings. The van der Waals surface area contributed by atoms with Gasteiger partial charge in [-0.15, -0.1) is 0 Å². The average molecular weight is 416 g/mol. The molecule has 2 aromatic carbocycles. The smallest absolute Gasteiger partial charge is 0.236 e. The van der Waals surface area contributed by atoms with Crippen molar-refractivity contribution in [1.29, 1.82) is 0 Å². The van der Waals surface area contributed by atoms with Gasteiger partial charge >= 0.3 is 0 Å². The van der Waals surface area contributed by atoms with Gasteiger partial charge in [0.05, 0.1) is 20.8 Å². The van der Waals surface area contributed by atoms with Gasteiger partial charge in [0.25, 0.3) is 0 Å². The Balaban J connectivity index is 1.47. The lowest BCUT2D eigenvalue weighted by Gasteiger charge is -2.35. The van der Waals surface area contributed by atoms with Crippen LogP contribution in [-0.4, -0.2) is 74.6 Å². The van der Waals surface area contributed by atoms with Crippen molar-refractivity contribution in [2.75, 3.05) is 54.0 Å². The number of amides is 1. The lowest BCUT2D eigenvalue weighted by molar-refractivity contribution is -0.132. The zero-order valence-corrected chi connectivity index (χ0v) is 17.9. The van der Waals surface area contributed by atoms with Crippen molar-refractivity contribution in [3.63, 3.8) is 0 Å². The Bertz CT molecular complexity index is 853. The van der Waals surface area contributed by atoms with E-state index in [1.807, 2.05) is 31.3 Å². The Morgan fingerprint density at radius 1 is 1.03 bits per heavy atom. The zero-order chi connectivity index (χ0) is 21.5. The number of likely N-dealkylation sites (N-methyl/N-ethyl adjacent to an activating group) is 1. The summed E-state index contributed by atoms with van der Waals surface area (Å²) in [7, 11) is 5.06. The minimum absolute atomic E-state index is 0.0954. The molecule has 1 amide bonds. The van der Waals surface area contributed by atoms with Gasteiger partial charge in [0.2, 0.25) is 5.91 Å². The third kappa shape index (κ3) is 5.93. The minimum atomic E-state index is -0.255. The van der Waals surface area contributed by atoms with Crippen molar-refractivity contribution < 1.29 is 18.7 Å². The number of piperazine rings is 1. The number of ether oxygens (including phenoxy) is 2. The number of carbonyl (C=O) groups is 1. The lowest BCUT2D eigenvalue weighted by Crippen LogP contribution is -2.49. The topological polar surface area (TPSA) is 45.2 Å². The van der Waals surface area contributed by atoms with Gasteiger partial charge in [-0.25, -0.2) is 4.39 Å². The second-order valence-electron chi connectivity index (χ2n) is 7.61. The molecule has 1 heterocycles. The van der Waals surface area contributed by atoms with Crippen LogP contribution in [0.25, 0.3) is 0 Å². The van der Waals surface area contributed by atoms with Crippen LogP contribution in [-0.2, 0) is 17.9 Å². The number of methoxy groups -OCH3 is 2. The highest BCUT2D eigenvalue weighted by Gasteiger charge is 2.21. The van der Waals surface area contributed by atoms with Crippen molar-refractivity contribution in [2.24, 2.45) is 0 Å². The Labute approximate surface area is 177 Å². The molecular weight excluding hydrogens is 385 g/mol. The summed E-state index contributed by atoms with van der Waals surface area (Å²) < 4.78 is 24.2. The van der Waals surface area contributed by atoms with Gasteiger partial charge in [0, 0.05) is 51.9 Å². The lowest BCUT2D eigenvalue weighted by atomic mass is 10.1.